The second-order valence-electron chi connectivity index (χ2n) is 3.14. The molecule has 74 valence electrons. The van der Waals surface area contributed by atoms with Crippen LogP contribution in [-0.2, 0) is 0 Å². The molecule has 0 aliphatic heterocycles. The van der Waals surface area contributed by atoms with E-state index in [4.69, 9.17) is 5.11 Å². The van der Waals surface area contributed by atoms with E-state index in [9.17, 15) is 13.2 Å². The maximum atomic E-state index is 12.0. The third-order valence-electron chi connectivity index (χ3n) is 2.12. The fraction of sp³-hybridized carbons (Fsp3) is 1.00. The molecule has 0 aromatic carbocycles. The second-order valence-corrected chi connectivity index (χ2v) is 3.14. The maximum Gasteiger partial charge on any atom is 0.417 e. The molecule has 0 saturated heterocycles. The van der Waals surface area contributed by atoms with Crippen LogP contribution in [0.3, 0.4) is 0 Å². The van der Waals surface area contributed by atoms with Gasteiger partial charge >= 0.3 is 6.18 Å². The Labute approximate surface area is 74.3 Å². The summed E-state index contributed by atoms with van der Waals surface area (Å²) in [5.74, 6) is 0. The molecule has 2 atom stereocenters. The summed E-state index contributed by atoms with van der Waals surface area (Å²) in [4.78, 5) is 0. The molecule has 1 saturated carbocycles. The first kappa shape index (κ1) is 12.0. The van der Waals surface area contributed by atoms with Crippen molar-refractivity contribution in [1.82, 2.24) is 0 Å². The lowest BCUT2D eigenvalue weighted by atomic mass is 10.0. The normalized spacial score (nSPS) is 36.2. The van der Waals surface area contributed by atoms with Crippen molar-refractivity contribution in [3.05, 3.63) is 0 Å². The molecule has 2 nitrogen and oxygen atoms in total. The van der Waals surface area contributed by atoms with Gasteiger partial charge in [-0.15, -0.1) is 0 Å². The lowest BCUT2D eigenvalue weighted by molar-refractivity contribution is -0.422. The molecule has 6 heteroatoms. The van der Waals surface area contributed by atoms with Crippen LogP contribution in [0.25, 0.3) is 0 Å². The van der Waals surface area contributed by atoms with Gasteiger partial charge in [0.25, 0.3) is 0 Å². The van der Waals surface area contributed by atoms with Crippen molar-refractivity contribution in [1.29, 1.82) is 0 Å². The van der Waals surface area contributed by atoms with Crippen molar-refractivity contribution in [3.63, 3.8) is 0 Å². The van der Waals surface area contributed by atoms with Gasteiger partial charge in [-0.3, -0.25) is 0 Å². The van der Waals surface area contributed by atoms with Gasteiger partial charge < -0.3 is 23.2 Å². The Morgan fingerprint density at radius 1 is 1.42 bits per heavy atom. The van der Waals surface area contributed by atoms with Crippen molar-refractivity contribution in [2.75, 3.05) is 0 Å². The summed E-state index contributed by atoms with van der Waals surface area (Å²) in [5.41, 5.74) is 1.03. The van der Waals surface area contributed by atoms with Gasteiger partial charge in [-0.25, -0.2) is 0 Å². The van der Waals surface area contributed by atoms with E-state index >= 15 is 0 Å². The Kier molecular flexibility index (Phi) is 3.40. The molecule has 1 fully saturated rings. The zero-order chi connectivity index (χ0) is 8.70. The minimum Gasteiger partial charge on any atom is -1.00 e. The van der Waals surface area contributed by atoms with Crippen molar-refractivity contribution < 1.29 is 36.4 Å². The first-order valence-electron chi connectivity index (χ1n) is 3.47. The molecular formula is C6H11ClF3NO. The smallest absolute Gasteiger partial charge is 0.417 e. The van der Waals surface area contributed by atoms with Crippen molar-refractivity contribution in [3.8, 4) is 0 Å². The number of hydrogen-bond acceptors (Lipinski definition) is 1. The summed E-state index contributed by atoms with van der Waals surface area (Å²) in [6, 6.07) is -0.262. The zero-order valence-electron chi connectivity index (χ0n) is 6.36. The summed E-state index contributed by atoms with van der Waals surface area (Å²) in [6.07, 6.45) is -4.59. The fourth-order valence-electron chi connectivity index (χ4n) is 1.38. The van der Waals surface area contributed by atoms with Gasteiger partial charge in [-0.2, -0.15) is 13.2 Å². The van der Waals surface area contributed by atoms with Gasteiger partial charge in [-0.05, 0) is 6.42 Å². The minimum absolute atomic E-state index is 0. The molecule has 0 spiro atoms. The monoisotopic (exact) mass is 205 g/mol. The van der Waals surface area contributed by atoms with Gasteiger partial charge in [-0.1, -0.05) is 0 Å². The van der Waals surface area contributed by atoms with Gasteiger partial charge in [0, 0.05) is 12.8 Å². The molecule has 1 aliphatic rings. The molecule has 0 bridgehead atoms. The van der Waals surface area contributed by atoms with Gasteiger partial charge in [0.05, 0.1) is 6.04 Å². The molecule has 0 heterocycles. The van der Waals surface area contributed by atoms with Crippen molar-refractivity contribution >= 4 is 0 Å². The summed E-state index contributed by atoms with van der Waals surface area (Å²) >= 11 is 0. The van der Waals surface area contributed by atoms with E-state index < -0.39 is 11.8 Å². The summed E-state index contributed by atoms with van der Waals surface area (Å²) < 4.78 is 36.1. The molecule has 0 aromatic rings. The van der Waals surface area contributed by atoms with E-state index in [1.807, 2.05) is 0 Å². The van der Waals surface area contributed by atoms with Gasteiger partial charge in [0.2, 0.25) is 0 Å². The molecule has 4 N–H and O–H groups in total. The second kappa shape index (κ2) is 3.40. The summed E-state index contributed by atoms with van der Waals surface area (Å²) in [6.45, 7) is 0. The Morgan fingerprint density at radius 3 is 2.08 bits per heavy atom. The number of alkyl halides is 3. The molecule has 1 rings (SSSR count). The largest absolute Gasteiger partial charge is 1.00 e. The highest BCUT2D eigenvalue weighted by Gasteiger charge is 2.57. The van der Waals surface area contributed by atoms with E-state index in [-0.39, 0.29) is 31.3 Å². The van der Waals surface area contributed by atoms with Crippen LogP contribution in [0, 0.1) is 0 Å². The van der Waals surface area contributed by atoms with Crippen LogP contribution >= 0.6 is 0 Å². The minimum atomic E-state index is -4.49. The number of rotatable bonds is 0. The maximum absolute atomic E-state index is 12.0. The number of halogens is 4. The van der Waals surface area contributed by atoms with Crippen LogP contribution in [0.5, 0.6) is 0 Å². The van der Waals surface area contributed by atoms with Crippen LogP contribution < -0.4 is 18.1 Å². The topological polar surface area (TPSA) is 47.9 Å². The van der Waals surface area contributed by atoms with E-state index in [0.29, 0.717) is 6.42 Å². The quantitative estimate of drug-likeness (QED) is 0.437. The van der Waals surface area contributed by atoms with E-state index in [1.165, 1.54) is 0 Å². The number of quaternary nitrogens is 1. The third kappa shape index (κ3) is 2.02. The highest BCUT2D eigenvalue weighted by molar-refractivity contribution is 4.94. The van der Waals surface area contributed by atoms with Crippen molar-refractivity contribution in [2.24, 2.45) is 0 Å². The first-order chi connectivity index (χ1) is 4.85. The molecule has 0 aromatic heterocycles. The van der Waals surface area contributed by atoms with Crippen LogP contribution in [0.1, 0.15) is 19.3 Å². The van der Waals surface area contributed by atoms with E-state index in [1.54, 1.807) is 0 Å². The molecule has 2 unspecified atom stereocenters. The van der Waals surface area contributed by atoms with E-state index in [2.05, 4.69) is 5.73 Å². The van der Waals surface area contributed by atoms with Crippen LogP contribution in [-0.4, -0.2) is 22.9 Å². The number of aliphatic hydroxyl groups is 1. The third-order valence-corrected chi connectivity index (χ3v) is 2.12. The predicted octanol–water partition coefficient (Wildman–Crippen LogP) is -2.92. The first-order valence-corrected chi connectivity index (χ1v) is 3.47. The molecule has 12 heavy (non-hydrogen) atoms. The Balaban J connectivity index is 0.00000121. The highest BCUT2D eigenvalue weighted by atomic mass is 35.5. The highest BCUT2D eigenvalue weighted by Crippen LogP contribution is 2.41. The average Bonchev–Trinajstić information content (AvgIpc) is 2.10. The van der Waals surface area contributed by atoms with Crippen LogP contribution in [0.2, 0.25) is 0 Å². The lowest BCUT2D eigenvalue weighted by Crippen LogP contribution is -3.00. The van der Waals surface area contributed by atoms with Crippen LogP contribution in [0.4, 0.5) is 13.2 Å². The molecule has 0 amide bonds. The number of hydrogen-bond donors (Lipinski definition) is 2. The van der Waals surface area contributed by atoms with Gasteiger partial charge in [0.15, 0.2) is 5.60 Å². The Morgan fingerprint density at radius 2 is 1.92 bits per heavy atom. The lowest BCUT2D eigenvalue weighted by Gasteiger charge is -2.24. The zero-order valence-corrected chi connectivity index (χ0v) is 7.12. The summed E-state index contributed by atoms with van der Waals surface area (Å²) in [5, 5.41) is 9.03. The standard InChI is InChI=1S/C6H10F3NO.ClH/c7-6(8,9)5(11)2-1-4(10)3-5;/h4,11H,1-3,10H2;1H. The molecular weight excluding hydrogens is 195 g/mol. The van der Waals surface area contributed by atoms with Gasteiger partial charge in [0.1, 0.15) is 0 Å². The fourth-order valence-corrected chi connectivity index (χ4v) is 1.38. The molecule has 1 aliphatic carbocycles. The van der Waals surface area contributed by atoms with E-state index in [0.717, 1.165) is 0 Å². The van der Waals surface area contributed by atoms with Crippen molar-refractivity contribution in [2.45, 2.75) is 37.1 Å². The Hall–Kier alpha value is -0.0000000000000000555. The average molecular weight is 206 g/mol. The predicted molar refractivity (Wildman–Crippen MR) is 31.5 cm³/mol. The molecule has 0 radical (unpaired) electrons. The SMILES string of the molecule is [Cl-].[NH3+]C1CCC(O)(C(F)(F)F)C1. The van der Waals surface area contributed by atoms with Crippen LogP contribution in [0.15, 0.2) is 0 Å². The summed E-state index contributed by atoms with van der Waals surface area (Å²) in [7, 11) is 0. The Bertz CT molecular complexity index is 163.